The van der Waals surface area contributed by atoms with Crippen molar-refractivity contribution in [2.24, 2.45) is 0 Å². The summed E-state index contributed by atoms with van der Waals surface area (Å²) in [6.45, 7) is 4.50. The van der Waals surface area contributed by atoms with Gasteiger partial charge in [0.2, 0.25) is 0 Å². The van der Waals surface area contributed by atoms with Crippen molar-refractivity contribution in [2.75, 3.05) is 13.1 Å². The van der Waals surface area contributed by atoms with Crippen LogP contribution < -0.4 is 5.32 Å². The van der Waals surface area contributed by atoms with Crippen molar-refractivity contribution < 1.29 is 0 Å². The van der Waals surface area contributed by atoms with Crippen molar-refractivity contribution in [3.8, 4) is 0 Å². The third-order valence-corrected chi connectivity index (χ3v) is 2.92. The van der Waals surface area contributed by atoms with Crippen molar-refractivity contribution in [2.45, 2.75) is 38.6 Å². The Morgan fingerprint density at radius 2 is 2.57 bits per heavy atom. The standard InChI is InChI=1S/C11H19N3/c1-2-4-10-8-13-9-14(10)11-5-3-6-12-7-11/h8-9,11-12H,2-7H2,1H3. The summed E-state index contributed by atoms with van der Waals surface area (Å²) < 4.78 is 2.36. The van der Waals surface area contributed by atoms with Crippen LogP contribution in [0.5, 0.6) is 0 Å². The summed E-state index contributed by atoms with van der Waals surface area (Å²) in [6, 6.07) is 0.632. The topological polar surface area (TPSA) is 29.9 Å². The molecule has 2 rings (SSSR count). The van der Waals surface area contributed by atoms with Crippen LogP contribution in [0.25, 0.3) is 0 Å². The molecule has 0 aliphatic carbocycles. The fourth-order valence-corrected chi connectivity index (χ4v) is 2.18. The molecule has 1 saturated heterocycles. The van der Waals surface area contributed by atoms with E-state index in [1.54, 1.807) is 0 Å². The molecule has 1 atom stereocenters. The van der Waals surface area contributed by atoms with Crippen LogP contribution in [-0.4, -0.2) is 22.6 Å². The molecule has 0 saturated carbocycles. The fraction of sp³-hybridized carbons (Fsp3) is 0.727. The summed E-state index contributed by atoms with van der Waals surface area (Å²) in [5, 5.41) is 3.44. The molecule has 3 nitrogen and oxygen atoms in total. The van der Waals surface area contributed by atoms with Gasteiger partial charge in [-0.05, 0) is 25.8 Å². The third kappa shape index (κ3) is 1.98. The van der Waals surface area contributed by atoms with Gasteiger partial charge in [0.25, 0.3) is 0 Å². The van der Waals surface area contributed by atoms with Gasteiger partial charge in [-0.1, -0.05) is 13.3 Å². The van der Waals surface area contributed by atoms with Gasteiger partial charge in [-0.2, -0.15) is 0 Å². The minimum atomic E-state index is 0.632. The lowest BCUT2D eigenvalue weighted by molar-refractivity contribution is 0.364. The molecule has 14 heavy (non-hydrogen) atoms. The van der Waals surface area contributed by atoms with Crippen molar-refractivity contribution in [1.82, 2.24) is 14.9 Å². The van der Waals surface area contributed by atoms with E-state index in [0.29, 0.717) is 6.04 Å². The zero-order chi connectivity index (χ0) is 9.80. The molecule has 1 aromatic rings. The Kier molecular flexibility index (Phi) is 3.19. The lowest BCUT2D eigenvalue weighted by Crippen LogP contribution is -2.32. The predicted molar refractivity (Wildman–Crippen MR) is 57.4 cm³/mol. The number of aromatic nitrogens is 2. The molecule has 3 heteroatoms. The molecule has 1 unspecified atom stereocenters. The Morgan fingerprint density at radius 1 is 1.64 bits per heavy atom. The van der Waals surface area contributed by atoms with Crippen LogP contribution in [0.3, 0.4) is 0 Å². The zero-order valence-electron chi connectivity index (χ0n) is 8.87. The molecule has 0 aromatic carbocycles. The number of aryl methyl sites for hydroxylation is 1. The minimum Gasteiger partial charge on any atom is -0.330 e. The van der Waals surface area contributed by atoms with Crippen molar-refractivity contribution in [3.63, 3.8) is 0 Å². The maximum absolute atomic E-state index is 4.25. The van der Waals surface area contributed by atoms with Crippen LogP contribution in [-0.2, 0) is 6.42 Å². The first kappa shape index (κ1) is 9.71. The monoisotopic (exact) mass is 193 g/mol. The molecule has 0 radical (unpaired) electrons. The van der Waals surface area contributed by atoms with Crippen molar-refractivity contribution >= 4 is 0 Å². The number of hydrogen-bond acceptors (Lipinski definition) is 2. The third-order valence-electron chi connectivity index (χ3n) is 2.92. The van der Waals surface area contributed by atoms with Gasteiger partial charge >= 0.3 is 0 Å². The molecule has 1 aliphatic heterocycles. The summed E-state index contributed by atoms with van der Waals surface area (Å²) in [7, 11) is 0. The molecule has 1 aliphatic rings. The van der Waals surface area contributed by atoms with Gasteiger partial charge in [0, 0.05) is 24.5 Å². The Balaban J connectivity index is 2.09. The van der Waals surface area contributed by atoms with Gasteiger partial charge in [0.05, 0.1) is 6.33 Å². The van der Waals surface area contributed by atoms with Gasteiger partial charge < -0.3 is 9.88 Å². The second-order valence-corrected chi connectivity index (χ2v) is 4.04. The lowest BCUT2D eigenvalue weighted by Gasteiger charge is -2.25. The number of nitrogens with one attached hydrogen (secondary N) is 1. The highest BCUT2D eigenvalue weighted by atomic mass is 15.1. The van der Waals surface area contributed by atoms with Crippen LogP contribution in [0.15, 0.2) is 12.5 Å². The molecule has 2 heterocycles. The van der Waals surface area contributed by atoms with Gasteiger partial charge in [-0.25, -0.2) is 4.98 Å². The van der Waals surface area contributed by atoms with Crippen LogP contribution >= 0.6 is 0 Å². The molecule has 0 amide bonds. The Morgan fingerprint density at radius 3 is 3.29 bits per heavy atom. The smallest absolute Gasteiger partial charge is 0.0951 e. The van der Waals surface area contributed by atoms with E-state index in [4.69, 9.17) is 0 Å². The van der Waals surface area contributed by atoms with Gasteiger partial charge in [0.1, 0.15) is 0 Å². The number of nitrogens with zero attached hydrogens (tertiary/aromatic N) is 2. The molecule has 0 spiro atoms. The minimum absolute atomic E-state index is 0.632. The first-order chi connectivity index (χ1) is 6.92. The maximum Gasteiger partial charge on any atom is 0.0951 e. The van der Waals surface area contributed by atoms with Crippen molar-refractivity contribution in [1.29, 1.82) is 0 Å². The van der Waals surface area contributed by atoms with Crippen LogP contribution in [0.4, 0.5) is 0 Å². The first-order valence-corrected chi connectivity index (χ1v) is 5.63. The fourth-order valence-electron chi connectivity index (χ4n) is 2.18. The first-order valence-electron chi connectivity index (χ1n) is 5.63. The van der Waals surface area contributed by atoms with Crippen LogP contribution in [0, 0.1) is 0 Å². The van der Waals surface area contributed by atoms with Crippen LogP contribution in [0.2, 0.25) is 0 Å². The molecule has 1 aromatic heterocycles. The van der Waals surface area contributed by atoms with E-state index < -0.39 is 0 Å². The van der Waals surface area contributed by atoms with E-state index in [0.717, 1.165) is 13.0 Å². The molecule has 1 N–H and O–H groups in total. The SMILES string of the molecule is CCCc1cncn1C1CCCNC1. The number of rotatable bonds is 3. The van der Waals surface area contributed by atoms with Crippen LogP contribution in [0.1, 0.15) is 37.9 Å². The highest BCUT2D eigenvalue weighted by Crippen LogP contribution is 2.19. The number of hydrogen-bond donors (Lipinski definition) is 1. The van der Waals surface area contributed by atoms with E-state index in [-0.39, 0.29) is 0 Å². The highest BCUT2D eigenvalue weighted by Gasteiger charge is 2.16. The van der Waals surface area contributed by atoms with E-state index >= 15 is 0 Å². The Labute approximate surface area is 85.5 Å². The summed E-state index contributed by atoms with van der Waals surface area (Å²) >= 11 is 0. The number of imidazole rings is 1. The largest absolute Gasteiger partial charge is 0.330 e. The molecular weight excluding hydrogens is 174 g/mol. The highest BCUT2D eigenvalue weighted by molar-refractivity contribution is 5.01. The average Bonchev–Trinajstić information content (AvgIpc) is 2.68. The summed E-state index contributed by atoms with van der Waals surface area (Å²) in [5.74, 6) is 0. The Hall–Kier alpha value is -0.830. The summed E-state index contributed by atoms with van der Waals surface area (Å²) in [4.78, 5) is 4.25. The zero-order valence-corrected chi connectivity index (χ0v) is 8.87. The van der Waals surface area contributed by atoms with Gasteiger partial charge in [0.15, 0.2) is 0 Å². The molecule has 1 fully saturated rings. The van der Waals surface area contributed by atoms with Gasteiger partial charge in [-0.3, -0.25) is 0 Å². The lowest BCUT2D eigenvalue weighted by atomic mass is 10.1. The van der Waals surface area contributed by atoms with Crippen molar-refractivity contribution in [3.05, 3.63) is 18.2 Å². The van der Waals surface area contributed by atoms with Gasteiger partial charge in [-0.15, -0.1) is 0 Å². The molecular formula is C11H19N3. The summed E-state index contributed by atoms with van der Waals surface area (Å²) in [6.07, 6.45) is 8.93. The predicted octanol–water partition coefficient (Wildman–Crippen LogP) is 1.76. The normalized spacial score (nSPS) is 22.5. The van der Waals surface area contributed by atoms with E-state index in [1.165, 1.54) is 31.5 Å². The molecule has 0 bridgehead atoms. The maximum atomic E-state index is 4.25. The quantitative estimate of drug-likeness (QED) is 0.792. The number of piperidine rings is 1. The Bertz CT molecular complexity index is 274. The molecule has 78 valence electrons. The second kappa shape index (κ2) is 4.60. The second-order valence-electron chi connectivity index (χ2n) is 4.04. The van der Waals surface area contributed by atoms with E-state index in [1.807, 2.05) is 12.5 Å². The van der Waals surface area contributed by atoms with E-state index in [9.17, 15) is 0 Å². The summed E-state index contributed by atoms with van der Waals surface area (Å²) in [5.41, 5.74) is 1.39. The average molecular weight is 193 g/mol. The van der Waals surface area contributed by atoms with E-state index in [2.05, 4.69) is 21.8 Å².